The summed E-state index contributed by atoms with van der Waals surface area (Å²) in [6, 6.07) is 0.681. The largest absolute Gasteiger partial charge is 0.419 e. The molecule has 1 rings (SSSR count). The minimum atomic E-state index is -4.05. The average molecular weight is 198 g/mol. The fraction of sp³-hybridized carbons (Fsp3) is 1.00. The second-order valence-corrected chi connectivity index (χ2v) is 6.22. The van der Waals surface area contributed by atoms with Crippen molar-refractivity contribution in [3.05, 3.63) is 0 Å². The van der Waals surface area contributed by atoms with Gasteiger partial charge in [0.05, 0.1) is 5.54 Å². The first-order valence-electron chi connectivity index (χ1n) is 4.20. The zero-order chi connectivity index (χ0) is 9.19. The Labute approximate surface area is 71.6 Å². The van der Waals surface area contributed by atoms with Crippen LogP contribution in [0.2, 0.25) is 11.6 Å². The first-order valence-corrected chi connectivity index (χ1v) is 6.15. The number of hydrogen-bond acceptors (Lipinski definition) is 1. The van der Waals surface area contributed by atoms with Crippen LogP contribution in [0.4, 0.5) is 13.2 Å². The maximum atomic E-state index is 12.2. The highest BCUT2D eigenvalue weighted by Crippen LogP contribution is 2.36. The Hall–Kier alpha value is -0.0331. The zero-order valence-corrected chi connectivity index (χ0v) is 8.18. The molecule has 1 heterocycles. The highest BCUT2D eigenvalue weighted by Gasteiger charge is 2.43. The van der Waals surface area contributed by atoms with Crippen molar-refractivity contribution in [1.29, 1.82) is 0 Å². The molecule has 0 aromatic rings. The van der Waals surface area contributed by atoms with Gasteiger partial charge in [-0.15, -0.1) is 0 Å². The van der Waals surface area contributed by atoms with Gasteiger partial charge in [-0.25, -0.2) is 0 Å². The van der Waals surface area contributed by atoms with Crippen LogP contribution in [0.3, 0.4) is 0 Å². The highest BCUT2D eigenvalue weighted by atomic mass is 28.3. The fourth-order valence-corrected chi connectivity index (χ4v) is 3.91. The van der Waals surface area contributed by atoms with Crippen LogP contribution >= 0.6 is 0 Å². The summed E-state index contributed by atoms with van der Waals surface area (Å²) < 4.78 is 41.8. The van der Waals surface area contributed by atoms with Gasteiger partial charge in [-0.1, -0.05) is 13.3 Å². The van der Waals surface area contributed by atoms with Crippen molar-refractivity contribution in [2.24, 2.45) is 0 Å². The summed E-state index contributed by atoms with van der Waals surface area (Å²) in [6.45, 7) is 1.79. The molecule has 1 nitrogen and oxygen atoms in total. The van der Waals surface area contributed by atoms with Crippen LogP contribution in [0.1, 0.15) is 19.8 Å². The van der Waals surface area contributed by atoms with E-state index in [4.69, 9.17) is 4.43 Å². The quantitative estimate of drug-likeness (QED) is 0.588. The summed E-state index contributed by atoms with van der Waals surface area (Å²) in [7, 11) is -1.97. The van der Waals surface area contributed by atoms with Crippen molar-refractivity contribution >= 4 is 9.04 Å². The van der Waals surface area contributed by atoms with Gasteiger partial charge in [0.1, 0.15) is 0 Å². The van der Waals surface area contributed by atoms with E-state index in [2.05, 4.69) is 0 Å². The van der Waals surface area contributed by atoms with Gasteiger partial charge in [0.25, 0.3) is 0 Å². The smallest absolute Gasteiger partial charge is 0.391 e. The van der Waals surface area contributed by atoms with Gasteiger partial charge in [0, 0.05) is 6.61 Å². The summed E-state index contributed by atoms with van der Waals surface area (Å²) >= 11 is 0. The number of halogens is 3. The first-order chi connectivity index (χ1) is 5.52. The molecule has 12 heavy (non-hydrogen) atoms. The predicted molar refractivity (Wildman–Crippen MR) is 42.6 cm³/mol. The molecule has 1 aliphatic heterocycles. The lowest BCUT2D eigenvalue weighted by Crippen LogP contribution is -2.35. The van der Waals surface area contributed by atoms with Crippen LogP contribution in [0, 0.1) is 0 Å². The number of rotatable bonds is 1. The zero-order valence-electron chi connectivity index (χ0n) is 7.03. The van der Waals surface area contributed by atoms with E-state index in [0.717, 1.165) is 12.8 Å². The Morgan fingerprint density at radius 2 is 2.00 bits per heavy atom. The van der Waals surface area contributed by atoms with E-state index in [1.165, 1.54) is 6.92 Å². The summed E-state index contributed by atoms with van der Waals surface area (Å²) in [5, 5.41) is 0. The normalized spacial score (nSPS) is 28.5. The second kappa shape index (κ2) is 3.78. The van der Waals surface area contributed by atoms with Crippen molar-refractivity contribution in [2.75, 3.05) is 6.61 Å². The lowest BCUT2D eigenvalue weighted by Gasteiger charge is -2.27. The van der Waals surface area contributed by atoms with Crippen LogP contribution in [0.25, 0.3) is 0 Å². The summed E-state index contributed by atoms with van der Waals surface area (Å²) in [5.74, 6) is 0. The second-order valence-electron chi connectivity index (χ2n) is 3.24. The van der Waals surface area contributed by atoms with E-state index >= 15 is 0 Å². The maximum Gasteiger partial charge on any atom is 0.391 e. The SMILES string of the molecule is CC([SiH]1CCCCO1)C(F)(F)F. The van der Waals surface area contributed by atoms with Crippen molar-refractivity contribution in [3.8, 4) is 0 Å². The molecule has 2 unspecified atom stereocenters. The molecule has 0 aliphatic carbocycles. The third kappa shape index (κ3) is 2.48. The van der Waals surface area contributed by atoms with Crippen molar-refractivity contribution in [3.63, 3.8) is 0 Å². The minimum Gasteiger partial charge on any atom is -0.419 e. The average Bonchev–Trinajstić information content (AvgIpc) is 2.03. The van der Waals surface area contributed by atoms with Gasteiger partial charge in [-0.2, -0.15) is 13.2 Å². The molecule has 1 fully saturated rings. The van der Waals surface area contributed by atoms with E-state index in [-0.39, 0.29) is 0 Å². The minimum absolute atomic E-state index is 0.539. The van der Waals surface area contributed by atoms with Crippen LogP contribution in [-0.4, -0.2) is 21.8 Å². The summed E-state index contributed by atoms with van der Waals surface area (Å²) in [5.41, 5.74) is -1.18. The molecule has 0 amide bonds. The Morgan fingerprint density at radius 3 is 2.42 bits per heavy atom. The Bertz CT molecular complexity index is 142. The van der Waals surface area contributed by atoms with Crippen molar-refractivity contribution < 1.29 is 17.6 Å². The topological polar surface area (TPSA) is 9.23 Å². The van der Waals surface area contributed by atoms with E-state index < -0.39 is 20.8 Å². The lowest BCUT2D eigenvalue weighted by molar-refractivity contribution is -0.133. The molecular weight excluding hydrogens is 185 g/mol. The Morgan fingerprint density at radius 1 is 1.33 bits per heavy atom. The molecule has 5 heteroatoms. The molecule has 0 aromatic carbocycles. The number of hydrogen-bond donors (Lipinski definition) is 0. The molecule has 0 spiro atoms. The van der Waals surface area contributed by atoms with Gasteiger partial charge in [-0.05, 0) is 12.5 Å². The van der Waals surface area contributed by atoms with Gasteiger partial charge in [0.15, 0.2) is 9.04 Å². The van der Waals surface area contributed by atoms with Crippen LogP contribution in [0.5, 0.6) is 0 Å². The number of alkyl halides is 3. The summed E-state index contributed by atoms with van der Waals surface area (Å²) in [6.07, 6.45) is -2.21. The molecule has 0 N–H and O–H groups in total. The van der Waals surface area contributed by atoms with Gasteiger partial charge in [0.2, 0.25) is 0 Å². The summed E-state index contributed by atoms with van der Waals surface area (Å²) in [4.78, 5) is 0. The van der Waals surface area contributed by atoms with Gasteiger partial charge < -0.3 is 4.43 Å². The van der Waals surface area contributed by atoms with Gasteiger partial charge >= 0.3 is 6.18 Å². The van der Waals surface area contributed by atoms with Crippen LogP contribution in [0.15, 0.2) is 0 Å². The first kappa shape index (κ1) is 10.1. The third-order valence-electron chi connectivity index (χ3n) is 2.29. The molecule has 2 atom stereocenters. The Kier molecular flexibility index (Phi) is 3.17. The lowest BCUT2D eigenvalue weighted by atomic mass is 10.4. The molecular formula is C7H13F3OSi. The standard InChI is InChI=1S/C7H13F3OSi/c1-6(7(8,9)10)12-5-3-2-4-11-12/h6,12H,2-5H2,1H3. The molecule has 1 aliphatic rings. The molecule has 0 aromatic heterocycles. The Balaban J connectivity index is 2.45. The third-order valence-corrected chi connectivity index (χ3v) is 5.42. The van der Waals surface area contributed by atoms with Crippen molar-refractivity contribution in [2.45, 2.75) is 37.5 Å². The maximum absolute atomic E-state index is 12.2. The van der Waals surface area contributed by atoms with Crippen LogP contribution < -0.4 is 0 Å². The highest BCUT2D eigenvalue weighted by molar-refractivity contribution is 6.54. The molecule has 0 radical (unpaired) electrons. The van der Waals surface area contributed by atoms with Gasteiger partial charge in [-0.3, -0.25) is 0 Å². The molecule has 72 valence electrons. The monoisotopic (exact) mass is 198 g/mol. The molecule has 0 saturated carbocycles. The molecule has 0 bridgehead atoms. The van der Waals surface area contributed by atoms with E-state index in [1.807, 2.05) is 0 Å². The van der Waals surface area contributed by atoms with E-state index in [1.54, 1.807) is 0 Å². The predicted octanol–water partition coefficient (Wildman–Crippen LogP) is 2.47. The molecule has 1 saturated heterocycles. The van der Waals surface area contributed by atoms with Crippen LogP contribution in [-0.2, 0) is 4.43 Å². The van der Waals surface area contributed by atoms with E-state index in [0.29, 0.717) is 12.7 Å². The van der Waals surface area contributed by atoms with E-state index in [9.17, 15) is 13.2 Å². The van der Waals surface area contributed by atoms with Crippen molar-refractivity contribution in [1.82, 2.24) is 0 Å². The fourth-order valence-electron chi connectivity index (χ4n) is 1.37.